The first-order valence-electron chi connectivity index (χ1n) is 8.08. The number of nitrogens with zero attached hydrogens (tertiary/aromatic N) is 1. The summed E-state index contributed by atoms with van der Waals surface area (Å²) in [6, 6.07) is 7.19. The van der Waals surface area contributed by atoms with Crippen molar-refractivity contribution in [2.24, 2.45) is 0 Å². The van der Waals surface area contributed by atoms with Gasteiger partial charge in [-0.05, 0) is 18.1 Å². The monoisotopic (exact) mass is 335 g/mol. The van der Waals surface area contributed by atoms with Crippen LogP contribution in [0.3, 0.4) is 0 Å². The number of para-hydroxylation sites is 1. The lowest BCUT2D eigenvalue weighted by molar-refractivity contribution is -0.128. The van der Waals surface area contributed by atoms with E-state index in [2.05, 4.69) is 10.6 Å². The second kappa shape index (κ2) is 9.24. The molecule has 2 rings (SSSR count). The number of hydrogen-bond acceptors (Lipinski definition) is 4. The second-order valence-electron chi connectivity index (χ2n) is 5.85. The topological polar surface area (TPSA) is 79.9 Å². The summed E-state index contributed by atoms with van der Waals surface area (Å²) in [7, 11) is 3.47. The van der Waals surface area contributed by atoms with E-state index in [4.69, 9.17) is 9.47 Å². The molecule has 2 N–H and O–H groups in total. The number of hydrogen-bond donors (Lipinski definition) is 2. The standard InChI is InChI=1S/C17H25N3O4/c1-20(2)16(21)8-7-13-5-3-4-6-15(13)19-17(22)18-11-14-12-23-9-10-24-14/h3-6,14H,7-12H2,1-2H3,(H2,18,19,22)/t14-/m1/s1. The fourth-order valence-corrected chi connectivity index (χ4v) is 2.35. The van der Waals surface area contributed by atoms with Crippen molar-refractivity contribution in [1.82, 2.24) is 10.2 Å². The number of urea groups is 1. The zero-order valence-electron chi connectivity index (χ0n) is 14.2. The number of ether oxygens (including phenoxy) is 2. The molecule has 7 heteroatoms. The van der Waals surface area contributed by atoms with Crippen molar-refractivity contribution in [3.8, 4) is 0 Å². The van der Waals surface area contributed by atoms with Gasteiger partial charge in [0.05, 0.1) is 25.9 Å². The maximum absolute atomic E-state index is 12.1. The normalized spacial score (nSPS) is 17.2. The van der Waals surface area contributed by atoms with Crippen LogP contribution in [0.25, 0.3) is 0 Å². The van der Waals surface area contributed by atoms with E-state index in [0.29, 0.717) is 44.9 Å². The largest absolute Gasteiger partial charge is 0.376 e. The summed E-state index contributed by atoms with van der Waals surface area (Å²) >= 11 is 0. The lowest BCUT2D eigenvalue weighted by atomic mass is 10.1. The van der Waals surface area contributed by atoms with Gasteiger partial charge in [0.25, 0.3) is 0 Å². The Balaban J connectivity index is 1.84. The van der Waals surface area contributed by atoms with Gasteiger partial charge in [0.15, 0.2) is 0 Å². The lowest BCUT2D eigenvalue weighted by Crippen LogP contribution is -2.41. The van der Waals surface area contributed by atoms with Crippen LogP contribution in [0, 0.1) is 0 Å². The van der Waals surface area contributed by atoms with Gasteiger partial charge < -0.3 is 25.0 Å². The molecule has 0 unspecified atom stereocenters. The van der Waals surface area contributed by atoms with Gasteiger partial charge in [-0.25, -0.2) is 4.79 Å². The van der Waals surface area contributed by atoms with Crippen molar-refractivity contribution in [1.29, 1.82) is 0 Å². The Bertz CT molecular complexity index is 557. The Morgan fingerprint density at radius 1 is 1.25 bits per heavy atom. The summed E-state index contributed by atoms with van der Waals surface area (Å²) in [5, 5.41) is 5.61. The predicted molar refractivity (Wildman–Crippen MR) is 91.0 cm³/mol. The van der Waals surface area contributed by atoms with Crippen molar-refractivity contribution < 1.29 is 19.1 Å². The first kappa shape index (κ1) is 18.2. The molecule has 1 heterocycles. The molecule has 1 fully saturated rings. The van der Waals surface area contributed by atoms with Gasteiger partial charge in [0, 0.05) is 32.7 Å². The molecule has 0 aliphatic carbocycles. The first-order valence-corrected chi connectivity index (χ1v) is 8.08. The minimum Gasteiger partial charge on any atom is -0.376 e. The fraction of sp³-hybridized carbons (Fsp3) is 0.529. The first-order chi connectivity index (χ1) is 11.6. The summed E-state index contributed by atoms with van der Waals surface area (Å²) in [5.41, 5.74) is 1.64. The third-order valence-corrected chi connectivity index (χ3v) is 3.75. The second-order valence-corrected chi connectivity index (χ2v) is 5.85. The Labute approximate surface area is 142 Å². The van der Waals surface area contributed by atoms with E-state index >= 15 is 0 Å². The van der Waals surface area contributed by atoms with E-state index in [1.165, 1.54) is 0 Å². The Morgan fingerprint density at radius 2 is 2.04 bits per heavy atom. The smallest absolute Gasteiger partial charge is 0.319 e. The number of rotatable bonds is 6. The van der Waals surface area contributed by atoms with Gasteiger partial charge in [0.1, 0.15) is 0 Å². The van der Waals surface area contributed by atoms with Gasteiger partial charge in [-0.1, -0.05) is 18.2 Å². The van der Waals surface area contributed by atoms with Crippen molar-refractivity contribution in [3.63, 3.8) is 0 Å². The van der Waals surface area contributed by atoms with Crippen LogP contribution in [0.1, 0.15) is 12.0 Å². The number of carbonyl (C=O) groups excluding carboxylic acids is 2. The number of carbonyl (C=O) groups is 2. The minimum absolute atomic E-state index is 0.0590. The molecule has 0 bridgehead atoms. The zero-order chi connectivity index (χ0) is 17.4. The Morgan fingerprint density at radius 3 is 2.75 bits per heavy atom. The molecular formula is C17H25N3O4. The summed E-state index contributed by atoms with van der Waals surface area (Å²) in [6.07, 6.45) is 0.866. The number of benzene rings is 1. The van der Waals surface area contributed by atoms with E-state index in [-0.39, 0.29) is 18.0 Å². The van der Waals surface area contributed by atoms with E-state index < -0.39 is 0 Å². The molecule has 0 aromatic heterocycles. The van der Waals surface area contributed by atoms with Crippen LogP contribution >= 0.6 is 0 Å². The maximum atomic E-state index is 12.1. The molecule has 3 amide bonds. The van der Waals surface area contributed by atoms with Crippen molar-refractivity contribution in [2.75, 3.05) is 45.8 Å². The average Bonchev–Trinajstić information content (AvgIpc) is 2.59. The molecule has 1 saturated heterocycles. The van der Waals surface area contributed by atoms with Gasteiger partial charge >= 0.3 is 6.03 Å². The SMILES string of the molecule is CN(C)C(=O)CCc1ccccc1NC(=O)NC[C@@H]1COCCO1. The van der Waals surface area contributed by atoms with Crippen LogP contribution in [0.4, 0.5) is 10.5 Å². The molecule has 1 aromatic rings. The van der Waals surface area contributed by atoms with Crippen molar-refractivity contribution >= 4 is 17.6 Å². The van der Waals surface area contributed by atoms with Crippen molar-refractivity contribution in [2.45, 2.75) is 18.9 Å². The van der Waals surface area contributed by atoms with E-state index in [1.54, 1.807) is 19.0 Å². The van der Waals surface area contributed by atoms with Crippen LogP contribution < -0.4 is 10.6 Å². The van der Waals surface area contributed by atoms with Crippen LogP contribution in [0.15, 0.2) is 24.3 Å². The average molecular weight is 335 g/mol. The van der Waals surface area contributed by atoms with Crippen LogP contribution in [-0.4, -0.2) is 63.4 Å². The van der Waals surface area contributed by atoms with Crippen LogP contribution in [0.2, 0.25) is 0 Å². The van der Waals surface area contributed by atoms with Gasteiger partial charge in [-0.15, -0.1) is 0 Å². The van der Waals surface area contributed by atoms with E-state index in [1.807, 2.05) is 24.3 Å². The number of aryl methyl sites for hydroxylation is 1. The molecule has 1 atom stereocenters. The highest BCUT2D eigenvalue weighted by molar-refractivity contribution is 5.90. The Kier molecular flexibility index (Phi) is 7.02. The summed E-state index contributed by atoms with van der Waals surface area (Å²) in [4.78, 5) is 25.4. The number of anilines is 1. The quantitative estimate of drug-likeness (QED) is 0.820. The van der Waals surface area contributed by atoms with Crippen LogP contribution in [0.5, 0.6) is 0 Å². The molecule has 24 heavy (non-hydrogen) atoms. The van der Waals surface area contributed by atoms with E-state index in [0.717, 1.165) is 5.56 Å². The van der Waals surface area contributed by atoms with Crippen LogP contribution in [-0.2, 0) is 20.7 Å². The predicted octanol–water partition coefficient (Wildman–Crippen LogP) is 1.24. The van der Waals surface area contributed by atoms with E-state index in [9.17, 15) is 9.59 Å². The third-order valence-electron chi connectivity index (χ3n) is 3.75. The molecule has 0 radical (unpaired) electrons. The highest BCUT2D eigenvalue weighted by Gasteiger charge is 2.15. The zero-order valence-corrected chi connectivity index (χ0v) is 14.2. The molecular weight excluding hydrogens is 310 g/mol. The summed E-state index contributed by atoms with van der Waals surface area (Å²) in [6.45, 7) is 2.04. The molecule has 1 aliphatic rings. The summed E-state index contributed by atoms with van der Waals surface area (Å²) < 4.78 is 10.8. The molecule has 0 saturated carbocycles. The fourth-order valence-electron chi connectivity index (χ4n) is 2.35. The number of nitrogens with one attached hydrogen (secondary N) is 2. The highest BCUT2D eigenvalue weighted by Crippen LogP contribution is 2.17. The molecule has 7 nitrogen and oxygen atoms in total. The molecule has 0 spiro atoms. The lowest BCUT2D eigenvalue weighted by Gasteiger charge is -2.23. The Hall–Kier alpha value is -2.12. The molecule has 132 valence electrons. The minimum atomic E-state index is -0.296. The highest BCUT2D eigenvalue weighted by atomic mass is 16.6. The molecule has 1 aliphatic heterocycles. The molecule has 1 aromatic carbocycles. The van der Waals surface area contributed by atoms with Crippen molar-refractivity contribution in [3.05, 3.63) is 29.8 Å². The maximum Gasteiger partial charge on any atom is 0.319 e. The third kappa shape index (κ3) is 5.82. The summed E-state index contributed by atoms with van der Waals surface area (Å²) in [5.74, 6) is 0.0590. The van der Waals surface area contributed by atoms with Gasteiger partial charge in [-0.3, -0.25) is 4.79 Å². The van der Waals surface area contributed by atoms with Gasteiger partial charge in [-0.2, -0.15) is 0 Å². The van der Waals surface area contributed by atoms with Gasteiger partial charge in [0.2, 0.25) is 5.91 Å². The number of amides is 3.